The zero-order valence-electron chi connectivity index (χ0n) is 31.1. The summed E-state index contributed by atoms with van der Waals surface area (Å²) in [6, 6.07) is 15.6. The van der Waals surface area contributed by atoms with Gasteiger partial charge in [0.05, 0.1) is 40.6 Å². The molecule has 2 aromatic rings. The van der Waals surface area contributed by atoms with E-state index in [0.29, 0.717) is 36.8 Å². The fourth-order valence-electron chi connectivity index (χ4n) is 10.6. The summed E-state index contributed by atoms with van der Waals surface area (Å²) in [5.74, 6) is 2.05. The Kier molecular flexibility index (Phi) is 10.7. The number of amides is 2. The summed E-state index contributed by atoms with van der Waals surface area (Å²) in [7, 11) is 4.55. The van der Waals surface area contributed by atoms with Crippen LogP contribution in [0.3, 0.4) is 0 Å². The van der Waals surface area contributed by atoms with Crippen molar-refractivity contribution in [3.63, 3.8) is 0 Å². The van der Waals surface area contributed by atoms with Gasteiger partial charge in [0.1, 0.15) is 11.5 Å². The minimum atomic E-state index is -1.28. The van der Waals surface area contributed by atoms with Gasteiger partial charge in [-0.05, 0) is 111 Å². The van der Waals surface area contributed by atoms with Crippen LogP contribution < -0.4 is 14.8 Å². The molecule has 2 aliphatic heterocycles. The molecule has 1 saturated heterocycles. The summed E-state index contributed by atoms with van der Waals surface area (Å²) in [4.78, 5) is 44.0. The molecule has 4 aliphatic carbocycles. The third-order valence-corrected chi connectivity index (χ3v) is 12.6. The summed E-state index contributed by atoms with van der Waals surface area (Å²) in [5, 5.41) is 3.27. The second-order valence-electron chi connectivity index (χ2n) is 16.1. The number of hydrogen-bond acceptors (Lipinski definition) is 8. The molecule has 1 N–H and O–H groups in total. The van der Waals surface area contributed by atoms with E-state index < -0.39 is 29.5 Å². The Hall–Kier alpha value is -3.89. The summed E-state index contributed by atoms with van der Waals surface area (Å²) < 4.78 is 29.0. The predicted octanol–water partition coefficient (Wildman–Crippen LogP) is 5.86. The number of piperidine rings is 1. The van der Waals surface area contributed by atoms with Gasteiger partial charge in [0.15, 0.2) is 11.5 Å². The molecule has 4 saturated carbocycles. The highest BCUT2D eigenvalue weighted by molar-refractivity contribution is 5.92. The standard InChI is InChI=1S/C42H54N2O8/c1-27-42(40(47)50-4)23-33(18-38(45)43-26-41-20-30-14-31(21-41)16-32(15-30)22-41)39(46)44(13-12-28-10-11-35(48-2)36(17-28)49-3)37(42)19-34(52-27)25-51-24-29-8-6-5-7-9-29/h5-11,17,19,27,30-34H,12-16,18,20-26H2,1-4H3,(H,43,45)/t27-,30?,31?,32?,33+,34-,41?,42+/m1/s1. The molecule has 2 amide bonds. The fourth-order valence-corrected chi connectivity index (χ4v) is 10.6. The normalized spacial score (nSPS) is 31.8. The molecule has 5 fully saturated rings. The SMILES string of the molecule is COC(=O)[C@]12C[C@H](CC(=O)NCC34CC5CC(CC(C5)C3)C4)C(=O)N(CCc3ccc(OC)c(OC)c3)C1=C[C@H](COCc1ccccc1)O[C@@H]2C. The predicted molar refractivity (Wildman–Crippen MR) is 194 cm³/mol. The summed E-state index contributed by atoms with van der Waals surface area (Å²) in [6.45, 7) is 3.46. The highest BCUT2D eigenvalue weighted by Gasteiger charge is 2.59. The number of nitrogens with one attached hydrogen (secondary N) is 1. The van der Waals surface area contributed by atoms with Crippen molar-refractivity contribution in [3.8, 4) is 11.5 Å². The first-order valence-corrected chi connectivity index (χ1v) is 19.0. The van der Waals surface area contributed by atoms with Gasteiger partial charge < -0.3 is 33.9 Å². The van der Waals surface area contributed by atoms with Crippen LogP contribution in [0.25, 0.3) is 0 Å². The van der Waals surface area contributed by atoms with Crippen LogP contribution in [0.2, 0.25) is 0 Å². The zero-order valence-corrected chi connectivity index (χ0v) is 31.1. The Morgan fingerprint density at radius 1 is 0.904 bits per heavy atom. The van der Waals surface area contributed by atoms with Crippen LogP contribution in [0.1, 0.15) is 69.4 Å². The number of ether oxygens (including phenoxy) is 5. The molecule has 0 radical (unpaired) electrons. The van der Waals surface area contributed by atoms with Gasteiger partial charge in [0.25, 0.3) is 0 Å². The fraction of sp³-hybridized carbons (Fsp3) is 0.595. The van der Waals surface area contributed by atoms with Gasteiger partial charge in [-0.3, -0.25) is 14.4 Å². The first-order chi connectivity index (χ1) is 25.1. The van der Waals surface area contributed by atoms with Crippen molar-refractivity contribution in [2.24, 2.45) is 34.5 Å². The topological polar surface area (TPSA) is 113 Å². The van der Waals surface area contributed by atoms with Crippen molar-refractivity contribution in [2.75, 3.05) is 41.0 Å². The van der Waals surface area contributed by atoms with E-state index in [1.807, 2.05) is 61.5 Å². The molecule has 10 nitrogen and oxygen atoms in total. The summed E-state index contributed by atoms with van der Waals surface area (Å²) in [6.07, 6.45) is 8.93. The molecule has 280 valence electrons. The molecule has 2 heterocycles. The molecule has 2 aromatic carbocycles. The lowest BCUT2D eigenvalue weighted by Gasteiger charge is -2.57. The lowest BCUT2D eigenvalue weighted by atomic mass is 9.49. The number of carbonyl (C=O) groups excluding carboxylic acids is 3. The van der Waals surface area contributed by atoms with Crippen molar-refractivity contribution in [1.29, 1.82) is 0 Å². The third kappa shape index (κ3) is 7.21. The molecule has 0 spiro atoms. The van der Waals surface area contributed by atoms with Crippen LogP contribution in [0, 0.1) is 34.5 Å². The first kappa shape index (κ1) is 36.5. The average Bonchev–Trinajstić information content (AvgIpc) is 3.14. The average molecular weight is 715 g/mol. The van der Waals surface area contributed by atoms with Gasteiger partial charge in [-0.25, -0.2) is 0 Å². The monoisotopic (exact) mass is 714 g/mol. The second-order valence-corrected chi connectivity index (χ2v) is 16.1. The van der Waals surface area contributed by atoms with E-state index in [9.17, 15) is 14.4 Å². The van der Waals surface area contributed by atoms with E-state index in [1.165, 1.54) is 45.6 Å². The molecular formula is C42H54N2O8. The van der Waals surface area contributed by atoms with E-state index in [2.05, 4.69) is 5.32 Å². The van der Waals surface area contributed by atoms with Gasteiger partial charge in [0.2, 0.25) is 11.8 Å². The minimum Gasteiger partial charge on any atom is -0.493 e. The maximum Gasteiger partial charge on any atom is 0.320 e. The maximum atomic E-state index is 14.6. The quantitative estimate of drug-likeness (QED) is 0.242. The second kappa shape index (κ2) is 15.2. The Morgan fingerprint density at radius 2 is 1.60 bits per heavy atom. The molecule has 4 atom stereocenters. The van der Waals surface area contributed by atoms with Gasteiger partial charge >= 0.3 is 5.97 Å². The Morgan fingerprint density at radius 3 is 2.25 bits per heavy atom. The van der Waals surface area contributed by atoms with Gasteiger partial charge in [-0.1, -0.05) is 36.4 Å². The Bertz CT molecular complexity index is 1620. The van der Waals surface area contributed by atoms with Crippen molar-refractivity contribution in [3.05, 3.63) is 71.4 Å². The molecular weight excluding hydrogens is 660 g/mol. The number of esters is 1. The minimum absolute atomic E-state index is 0.000414. The zero-order chi connectivity index (χ0) is 36.5. The molecule has 4 bridgehead atoms. The lowest BCUT2D eigenvalue weighted by Crippen LogP contribution is -2.61. The van der Waals surface area contributed by atoms with Crippen LogP contribution in [0.15, 0.2) is 60.3 Å². The number of nitrogens with zero attached hydrogens (tertiary/aromatic N) is 1. The summed E-state index contributed by atoms with van der Waals surface area (Å²) in [5.41, 5.74) is 1.44. The number of hydrogen-bond donors (Lipinski definition) is 1. The number of benzene rings is 2. The van der Waals surface area contributed by atoms with E-state index in [-0.39, 0.29) is 43.2 Å². The summed E-state index contributed by atoms with van der Waals surface area (Å²) >= 11 is 0. The highest BCUT2D eigenvalue weighted by atomic mass is 16.6. The van der Waals surface area contributed by atoms with Crippen LogP contribution in [-0.4, -0.2) is 75.9 Å². The first-order valence-electron chi connectivity index (χ1n) is 19.0. The van der Waals surface area contributed by atoms with Crippen molar-refractivity contribution < 1.29 is 38.1 Å². The number of methoxy groups -OCH3 is 3. The highest BCUT2D eigenvalue weighted by Crippen LogP contribution is 2.60. The van der Waals surface area contributed by atoms with E-state index in [1.54, 1.807) is 19.1 Å². The number of likely N-dealkylation sites (tertiary alicyclic amines) is 1. The molecule has 0 aromatic heterocycles. The van der Waals surface area contributed by atoms with Crippen LogP contribution in [-0.2, 0) is 41.6 Å². The molecule has 52 heavy (non-hydrogen) atoms. The smallest absolute Gasteiger partial charge is 0.320 e. The molecule has 8 rings (SSSR count). The van der Waals surface area contributed by atoms with E-state index in [4.69, 9.17) is 23.7 Å². The Labute approximate surface area is 307 Å². The van der Waals surface area contributed by atoms with Crippen molar-refractivity contribution in [2.45, 2.75) is 83.5 Å². The van der Waals surface area contributed by atoms with Gasteiger partial charge in [0, 0.05) is 31.1 Å². The van der Waals surface area contributed by atoms with Crippen molar-refractivity contribution >= 4 is 17.8 Å². The van der Waals surface area contributed by atoms with Crippen LogP contribution in [0.4, 0.5) is 0 Å². The Balaban J connectivity index is 1.13. The van der Waals surface area contributed by atoms with Crippen LogP contribution >= 0.6 is 0 Å². The van der Waals surface area contributed by atoms with E-state index in [0.717, 1.165) is 28.9 Å². The number of fused-ring (bicyclic) bond motifs is 1. The number of rotatable bonds is 14. The molecule has 0 unspecified atom stereocenters. The molecule has 6 aliphatic rings. The van der Waals surface area contributed by atoms with E-state index >= 15 is 0 Å². The van der Waals surface area contributed by atoms with Crippen molar-refractivity contribution in [1.82, 2.24) is 10.2 Å². The van der Waals surface area contributed by atoms with Gasteiger partial charge in [-0.2, -0.15) is 0 Å². The molecule has 10 heteroatoms. The largest absolute Gasteiger partial charge is 0.493 e. The third-order valence-electron chi connectivity index (χ3n) is 12.6. The van der Waals surface area contributed by atoms with Gasteiger partial charge in [-0.15, -0.1) is 0 Å². The number of carbonyl (C=O) groups is 3. The van der Waals surface area contributed by atoms with Crippen LogP contribution in [0.5, 0.6) is 11.5 Å². The lowest BCUT2D eigenvalue weighted by molar-refractivity contribution is -0.178. The maximum absolute atomic E-state index is 14.6.